The van der Waals surface area contributed by atoms with Crippen LogP contribution >= 0.6 is 0 Å². The molecular formula is HCuNO2+2. The van der Waals surface area contributed by atoms with Gasteiger partial charge in [-0.15, -0.1) is 0 Å². The van der Waals surface area contributed by atoms with Crippen molar-refractivity contribution < 1.29 is 20.2 Å². The van der Waals surface area contributed by atoms with Gasteiger partial charge in [0.1, 0.15) is 0 Å². The van der Waals surface area contributed by atoms with Gasteiger partial charge in [0.15, 0.2) is 0 Å². The topological polar surface area (TPSA) is 43.1 Å². The molecule has 4 heteroatoms. The molecule has 0 aromatic rings. The van der Waals surface area contributed by atoms with Gasteiger partial charge in [-0.3, -0.25) is 0 Å². The van der Waals surface area contributed by atoms with E-state index in [4.69, 9.17) is 10.1 Å². The Hall–Kier alpha value is -0.0805. The van der Waals surface area contributed by atoms with Crippen LogP contribution in [0.3, 0.4) is 0 Å². The van der Waals surface area contributed by atoms with Crippen molar-refractivity contribution in [3.63, 3.8) is 0 Å². The van der Waals surface area contributed by atoms with Crippen LogP contribution in [0.2, 0.25) is 0 Å². The normalized spacial score (nSPS) is 6.50. The molecule has 0 radical (unpaired) electrons. The number of hydrogen-bond acceptors (Lipinski definition) is 2. The second-order valence-electron chi connectivity index (χ2n) is 0.190. The van der Waals surface area contributed by atoms with E-state index >= 15 is 0 Å². The molecule has 0 aromatic heterocycles. The Labute approximate surface area is 31.2 Å². The van der Waals surface area contributed by atoms with Crippen molar-refractivity contribution in [3.8, 4) is 0 Å². The Balaban J connectivity index is 2.80. The molecule has 0 unspecified atom stereocenters. The average molecular weight is 111 g/mol. The van der Waals surface area contributed by atoms with Crippen molar-refractivity contribution in [2.24, 2.45) is 0 Å². The zero-order chi connectivity index (χ0) is 3.58. The number of rotatable bonds is 0. The van der Waals surface area contributed by atoms with Gasteiger partial charge < -0.3 is 0 Å². The van der Waals surface area contributed by atoms with Gasteiger partial charge >= 0.3 is 30.3 Å². The molecule has 4 heavy (non-hydrogen) atoms. The van der Waals surface area contributed by atoms with Gasteiger partial charge in [0.05, 0.1) is 0 Å². The predicted molar refractivity (Wildman–Crippen MR) is 8.39 cm³/mol. The molecule has 0 atom stereocenters. The molecule has 0 amide bonds. The molecule has 0 heterocycles. The van der Waals surface area contributed by atoms with E-state index in [9.17, 15) is 0 Å². The Morgan fingerprint density at radius 2 is 2.00 bits per heavy atom. The fourth-order valence-electron chi connectivity index (χ4n) is 0. The number of hydrogen-bond donors (Lipinski definition) is 0. The number of nitro groups is 1. The molecule has 0 N–H and O–H groups in total. The number of nitrogens with zero attached hydrogens (tertiary/aromatic N) is 1. The van der Waals surface area contributed by atoms with Crippen LogP contribution in [0.15, 0.2) is 0 Å². The molecule has 0 saturated carbocycles. The summed E-state index contributed by atoms with van der Waals surface area (Å²) in [6.07, 6.45) is 0. The first-order valence-electron chi connectivity index (χ1n) is 0.507. The van der Waals surface area contributed by atoms with E-state index in [1.165, 1.54) is 0 Å². The van der Waals surface area contributed by atoms with Gasteiger partial charge in [0.25, 0.3) is 0 Å². The second kappa shape index (κ2) is 1.26. The molecular weight excluding hydrogens is 110 g/mol. The first kappa shape index (κ1) is 3.92. The molecule has 0 aliphatic rings. The zero-order valence-corrected chi connectivity index (χ0v) is 2.57. The monoisotopic (exact) mass is 110 g/mol. The Kier molecular flexibility index (Phi) is 1.24. The molecule has 0 bridgehead atoms. The average Bonchev–Trinajstić information content (AvgIpc) is 0.811. The van der Waals surface area contributed by atoms with E-state index in [1.807, 2.05) is 0 Å². The minimum atomic E-state index is -0.875. The van der Waals surface area contributed by atoms with Gasteiger partial charge in [0, 0.05) is 0 Å². The van der Waals surface area contributed by atoms with Gasteiger partial charge in [0.2, 0.25) is 0 Å². The maximum absolute atomic E-state index is 8.64. The van der Waals surface area contributed by atoms with Crippen LogP contribution in [-0.2, 0) is 16.2 Å². The van der Waals surface area contributed by atoms with Gasteiger partial charge in [-0.25, -0.2) is 0 Å². The van der Waals surface area contributed by atoms with Gasteiger partial charge in [-0.2, -0.15) is 0 Å². The van der Waals surface area contributed by atoms with E-state index in [2.05, 4.69) is 16.2 Å². The molecule has 3 nitrogen and oxygen atoms in total. The maximum atomic E-state index is 8.64. The third kappa shape index (κ3) is 250. The molecule has 0 aliphatic carbocycles. The van der Waals surface area contributed by atoms with Crippen molar-refractivity contribution in [3.05, 3.63) is 10.1 Å². The van der Waals surface area contributed by atoms with Crippen LogP contribution in [-0.4, -0.2) is 3.94 Å². The standard InChI is InChI=1S/Cu.NO2.H/c;2-1-3;/q+2;;. The van der Waals surface area contributed by atoms with E-state index in [0.29, 0.717) is 0 Å². The fraction of sp³-hybridized carbons (Fsp3) is 0. The zero-order valence-electron chi connectivity index (χ0n) is 1.58. The van der Waals surface area contributed by atoms with E-state index in [-0.39, 0.29) is 0 Å². The molecule has 0 saturated heterocycles. The van der Waals surface area contributed by atoms with Crippen LogP contribution in [0.5, 0.6) is 0 Å². The van der Waals surface area contributed by atoms with E-state index in [1.54, 1.807) is 0 Å². The summed E-state index contributed by atoms with van der Waals surface area (Å²) in [4.78, 5) is 8.64. The summed E-state index contributed by atoms with van der Waals surface area (Å²) in [7, 11) is 0. The van der Waals surface area contributed by atoms with E-state index < -0.39 is 3.94 Å². The molecule has 0 rings (SSSR count). The quantitative estimate of drug-likeness (QED) is 0.239. The third-order valence-electron chi connectivity index (χ3n) is 0. The van der Waals surface area contributed by atoms with Crippen LogP contribution in [0.25, 0.3) is 0 Å². The molecule has 0 fully saturated rings. The first-order chi connectivity index (χ1) is 1.73. The fourth-order valence-corrected chi connectivity index (χ4v) is 0. The Morgan fingerprint density at radius 1 is 2.00 bits per heavy atom. The first-order valence-corrected chi connectivity index (χ1v) is 0.948. The van der Waals surface area contributed by atoms with Gasteiger partial charge in [-0.05, 0) is 0 Å². The molecule has 27 valence electrons. The third-order valence-corrected chi connectivity index (χ3v) is 0. The van der Waals surface area contributed by atoms with Crippen molar-refractivity contribution in [1.82, 2.24) is 0 Å². The van der Waals surface area contributed by atoms with Crippen LogP contribution in [0.1, 0.15) is 0 Å². The summed E-state index contributed by atoms with van der Waals surface area (Å²) in [5, 5.41) is 8.64. The van der Waals surface area contributed by atoms with Crippen LogP contribution in [0.4, 0.5) is 0 Å². The SMILES string of the molecule is O=[N+]([O-])[CuH+2]. The summed E-state index contributed by atoms with van der Waals surface area (Å²) in [6.45, 7) is 0. The van der Waals surface area contributed by atoms with Crippen LogP contribution < -0.4 is 0 Å². The molecule has 0 aliphatic heterocycles. The summed E-state index contributed by atoms with van der Waals surface area (Å²) in [5.74, 6) is 0. The molecule has 0 spiro atoms. The van der Waals surface area contributed by atoms with Crippen LogP contribution in [0, 0.1) is 10.1 Å². The summed E-state index contributed by atoms with van der Waals surface area (Å²) in [6, 6.07) is 0. The summed E-state index contributed by atoms with van der Waals surface area (Å²) in [5.41, 5.74) is 0. The summed E-state index contributed by atoms with van der Waals surface area (Å²) >= 11 is 3.10. The van der Waals surface area contributed by atoms with Gasteiger partial charge in [-0.1, -0.05) is 0 Å². The predicted octanol–water partition coefficient (Wildman–Crippen LogP) is -0.543. The van der Waals surface area contributed by atoms with Crippen molar-refractivity contribution >= 4 is 0 Å². The van der Waals surface area contributed by atoms with Crippen molar-refractivity contribution in [1.29, 1.82) is 0 Å². The second-order valence-corrected chi connectivity index (χ2v) is 0.551. The Bertz CT molecular complexity index is 29.0. The van der Waals surface area contributed by atoms with Crippen molar-refractivity contribution in [2.75, 3.05) is 0 Å². The Morgan fingerprint density at radius 3 is 2.00 bits per heavy atom. The minimum absolute atomic E-state index is 0.875. The van der Waals surface area contributed by atoms with Crippen molar-refractivity contribution in [2.45, 2.75) is 0 Å². The van der Waals surface area contributed by atoms with E-state index in [0.717, 1.165) is 0 Å². The molecule has 0 aromatic carbocycles. The summed E-state index contributed by atoms with van der Waals surface area (Å²) < 4.78 is -0.875.